The van der Waals surface area contributed by atoms with Crippen LogP contribution in [0.4, 0.5) is 0 Å². The van der Waals surface area contributed by atoms with Crippen molar-refractivity contribution in [2.75, 3.05) is 0 Å². The normalized spacial score (nSPS) is 15.8. The number of pyridine rings is 1. The number of aromatic amines is 1. The van der Waals surface area contributed by atoms with Gasteiger partial charge in [0.05, 0.1) is 0 Å². The number of rotatable bonds is 1. The summed E-state index contributed by atoms with van der Waals surface area (Å²) in [5.74, 6) is 0. The Balaban J connectivity index is 0.000000704. The second-order valence-electron chi connectivity index (χ2n) is 4.59. The van der Waals surface area contributed by atoms with Crippen LogP contribution in [0.5, 0.6) is 0 Å². The van der Waals surface area contributed by atoms with Crippen LogP contribution in [0, 0.1) is 13.3 Å². The first-order chi connectivity index (χ1) is 9.74. The molecule has 20 heavy (non-hydrogen) atoms. The number of aryl methyl sites for hydroxylation is 1. The summed E-state index contributed by atoms with van der Waals surface area (Å²) in [4.78, 5) is 15.2. The van der Waals surface area contributed by atoms with Crippen molar-refractivity contribution in [3.63, 3.8) is 0 Å². The largest absolute Gasteiger partial charge is 0.358 e. The van der Waals surface area contributed by atoms with Crippen molar-refractivity contribution in [3.05, 3.63) is 75.1 Å². The van der Waals surface area contributed by atoms with E-state index in [1.54, 1.807) is 6.07 Å². The molecule has 0 aromatic carbocycles. The van der Waals surface area contributed by atoms with Crippen LogP contribution < -0.4 is 5.43 Å². The molecule has 1 heterocycles. The first kappa shape index (κ1) is 14.3. The molecule has 0 bridgehead atoms. The van der Waals surface area contributed by atoms with Gasteiger partial charge in [0.25, 0.3) is 0 Å². The monoisotopic (exact) mass is 266 g/mol. The molecule has 2 aliphatic carbocycles. The van der Waals surface area contributed by atoms with Crippen molar-refractivity contribution in [1.82, 2.24) is 4.98 Å². The highest BCUT2D eigenvalue weighted by Crippen LogP contribution is 2.27. The highest BCUT2D eigenvalue weighted by molar-refractivity contribution is 5.71. The minimum atomic E-state index is 0.0810. The fourth-order valence-electron chi connectivity index (χ4n) is 2.33. The standard InChI is InChI=1S/C16H14NO.C2H6/c1-11-9-16(18)14-8-4-7-13(10-15(14)17-11)12-5-2-3-6-12;1-2/h2-6,8-10H,7H2,1H3,(H,17,18);1-2H3. The Morgan fingerprint density at radius 3 is 2.70 bits per heavy atom. The van der Waals surface area contributed by atoms with Crippen molar-refractivity contribution >= 4 is 12.2 Å². The zero-order valence-corrected chi connectivity index (χ0v) is 12.2. The maximum Gasteiger partial charge on any atom is 0.189 e. The Morgan fingerprint density at radius 1 is 1.20 bits per heavy atom. The topological polar surface area (TPSA) is 32.9 Å². The summed E-state index contributed by atoms with van der Waals surface area (Å²) >= 11 is 0. The van der Waals surface area contributed by atoms with Crippen LogP contribution in [0.3, 0.4) is 0 Å². The minimum Gasteiger partial charge on any atom is -0.358 e. The van der Waals surface area contributed by atoms with Gasteiger partial charge in [0.2, 0.25) is 0 Å². The molecule has 0 aliphatic heterocycles. The van der Waals surface area contributed by atoms with E-state index in [9.17, 15) is 4.79 Å². The van der Waals surface area contributed by atoms with E-state index < -0.39 is 0 Å². The summed E-state index contributed by atoms with van der Waals surface area (Å²) in [5.41, 5.74) is 5.09. The fourth-order valence-corrected chi connectivity index (χ4v) is 2.33. The molecule has 2 nitrogen and oxygen atoms in total. The molecule has 103 valence electrons. The van der Waals surface area contributed by atoms with Crippen LogP contribution in [0.15, 0.2) is 46.3 Å². The first-order valence-corrected chi connectivity index (χ1v) is 7.07. The Bertz CT molecular complexity index is 669. The maximum atomic E-state index is 11.9. The molecular weight excluding hydrogens is 246 g/mol. The van der Waals surface area contributed by atoms with Crippen molar-refractivity contribution < 1.29 is 0 Å². The van der Waals surface area contributed by atoms with E-state index >= 15 is 0 Å². The van der Waals surface area contributed by atoms with Crippen LogP contribution in [-0.2, 0) is 0 Å². The number of hydrogen-bond acceptors (Lipinski definition) is 1. The molecule has 0 unspecified atom stereocenters. The van der Waals surface area contributed by atoms with Gasteiger partial charge >= 0.3 is 0 Å². The van der Waals surface area contributed by atoms with Gasteiger partial charge in [-0.2, -0.15) is 0 Å². The SMILES string of the molecule is CC.Cc1cc(=O)c2c([nH]1)C=C(C1=CC=C[CH]1)CC=C2. The van der Waals surface area contributed by atoms with E-state index in [-0.39, 0.29) is 5.43 Å². The molecule has 0 amide bonds. The van der Waals surface area contributed by atoms with Crippen LogP contribution >= 0.6 is 0 Å². The van der Waals surface area contributed by atoms with E-state index in [2.05, 4.69) is 29.6 Å². The molecule has 2 heteroatoms. The molecule has 1 N–H and O–H groups in total. The van der Waals surface area contributed by atoms with Crippen LogP contribution in [0.25, 0.3) is 12.2 Å². The predicted molar refractivity (Wildman–Crippen MR) is 86.3 cm³/mol. The molecule has 1 aromatic rings. The Kier molecular flexibility index (Phi) is 4.57. The smallest absolute Gasteiger partial charge is 0.189 e. The average molecular weight is 266 g/mol. The second kappa shape index (κ2) is 6.38. The zero-order chi connectivity index (χ0) is 14.5. The van der Waals surface area contributed by atoms with Crippen molar-refractivity contribution in [2.24, 2.45) is 0 Å². The summed E-state index contributed by atoms with van der Waals surface area (Å²) in [6.07, 6.45) is 15.2. The van der Waals surface area contributed by atoms with E-state index in [4.69, 9.17) is 0 Å². The number of H-pyrrole nitrogens is 1. The lowest BCUT2D eigenvalue weighted by molar-refractivity contribution is 1.15. The molecule has 0 atom stereocenters. The third-order valence-electron chi connectivity index (χ3n) is 3.21. The Labute approximate surface area is 120 Å². The number of fused-ring (bicyclic) bond motifs is 1. The molecule has 1 aromatic heterocycles. The molecule has 0 spiro atoms. The van der Waals surface area contributed by atoms with Crippen molar-refractivity contribution in [3.8, 4) is 0 Å². The van der Waals surface area contributed by atoms with Gasteiger partial charge in [-0.3, -0.25) is 4.79 Å². The summed E-state index contributed by atoms with van der Waals surface area (Å²) < 4.78 is 0. The van der Waals surface area contributed by atoms with E-state index in [0.717, 1.165) is 23.4 Å². The zero-order valence-electron chi connectivity index (χ0n) is 12.2. The lowest BCUT2D eigenvalue weighted by Crippen LogP contribution is -2.08. The van der Waals surface area contributed by atoms with Gasteiger partial charge < -0.3 is 4.98 Å². The molecule has 0 saturated heterocycles. The van der Waals surface area contributed by atoms with Gasteiger partial charge in [-0.15, -0.1) is 0 Å². The predicted octanol–water partition coefficient (Wildman–Crippen LogP) is 4.21. The van der Waals surface area contributed by atoms with Gasteiger partial charge in [0, 0.05) is 29.4 Å². The van der Waals surface area contributed by atoms with Crippen molar-refractivity contribution in [1.29, 1.82) is 0 Å². The number of hydrogen-bond donors (Lipinski definition) is 1. The molecule has 1 radical (unpaired) electrons. The number of allylic oxidation sites excluding steroid dienone is 6. The Hall–Kier alpha value is -2.09. The Morgan fingerprint density at radius 2 is 2.00 bits per heavy atom. The second-order valence-corrected chi connectivity index (χ2v) is 4.59. The molecule has 0 saturated carbocycles. The minimum absolute atomic E-state index is 0.0810. The third-order valence-corrected chi connectivity index (χ3v) is 3.21. The van der Waals surface area contributed by atoms with Gasteiger partial charge in [-0.25, -0.2) is 0 Å². The van der Waals surface area contributed by atoms with Crippen LogP contribution in [0.1, 0.15) is 37.2 Å². The van der Waals surface area contributed by atoms with Gasteiger partial charge in [-0.05, 0) is 30.6 Å². The van der Waals surface area contributed by atoms with Crippen LogP contribution in [0.2, 0.25) is 0 Å². The quantitative estimate of drug-likeness (QED) is 0.811. The van der Waals surface area contributed by atoms with E-state index in [1.165, 1.54) is 11.1 Å². The van der Waals surface area contributed by atoms with Crippen LogP contribution in [-0.4, -0.2) is 4.98 Å². The van der Waals surface area contributed by atoms with Gasteiger partial charge in [0.1, 0.15) is 0 Å². The van der Waals surface area contributed by atoms with Crippen molar-refractivity contribution in [2.45, 2.75) is 27.2 Å². The maximum absolute atomic E-state index is 11.9. The molecular formula is C18H20NO. The van der Waals surface area contributed by atoms with Gasteiger partial charge in [0.15, 0.2) is 5.43 Å². The average Bonchev–Trinajstić information content (AvgIpc) is 2.88. The highest BCUT2D eigenvalue weighted by atomic mass is 16.1. The lowest BCUT2D eigenvalue weighted by atomic mass is 10.0. The number of nitrogens with one attached hydrogen (secondary N) is 1. The molecule has 2 aliphatic rings. The highest BCUT2D eigenvalue weighted by Gasteiger charge is 2.12. The fraction of sp³-hybridized carbons (Fsp3) is 0.222. The lowest BCUT2D eigenvalue weighted by Gasteiger charge is -2.06. The van der Waals surface area contributed by atoms with E-state index in [1.807, 2.05) is 39.0 Å². The summed E-state index contributed by atoms with van der Waals surface area (Å²) in [7, 11) is 0. The third kappa shape index (κ3) is 2.90. The van der Waals surface area contributed by atoms with E-state index in [0.29, 0.717) is 0 Å². The summed E-state index contributed by atoms with van der Waals surface area (Å²) in [6.45, 7) is 5.91. The first-order valence-electron chi connectivity index (χ1n) is 7.07. The summed E-state index contributed by atoms with van der Waals surface area (Å²) in [6, 6.07) is 1.64. The molecule has 3 rings (SSSR count). The van der Waals surface area contributed by atoms with Gasteiger partial charge in [-0.1, -0.05) is 44.2 Å². The number of aromatic nitrogens is 1. The summed E-state index contributed by atoms with van der Waals surface area (Å²) in [5, 5.41) is 0. The molecule has 0 fully saturated rings.